The van der Waals surface area contributed by atoms with Gasteiger partial charge in [-0.2, -0.15) is 0 Å². The number of hydrogen-bond acceptors (Lipinski definition) is 7. The molecule has 8 nitrogen and oxygen atoms in total. The van der Waals surface area contributed by atoms with E-state index in [-0.39, 0.29) is 25.1 Å². The van der Waals surface area contributed by atoms with Crippen molar-refractivity contribution in [2.24, 2.45) is 0 Å². The number of methoxy groups -OCH3 is 2. The molecule has 160 valence electrons. The standard InChI is InChI=1S/C19H30N2O6.ClH/c1-4-27-19(23)21-9-7-20(8-10-21)12-16(22)14-26-13-15-5-6-17(24-2)18(11-15)25-3;/h5-6,11,16,22H,4,7-10,12-14H2,1-3H3;1H/p-1. The van der Waals surface area contributed by atoms with Crippen molar-refractivity contribution in [2.75, 3.05) is 60.2 Å². The van der Waals surface area contributed by atoms with Crippen LogP contribution in [0.5, 0.6) is 11.5 Å². The van der Waals surface area contributed by atoms with Gasteiger partial charge in [-0.1, -0.05) is 6.07 Å². The molecular weight excluding hydrogens is 388 g/mol. The van der Waals surface area contributed by atoms with Crippen molar-refractivity contribution < 1.29 is 41.3 Å². The van der Waals surface area contributed by atoms with E-state index in [9.17, 15) is 9.90 Å². The highest BCUT2D eigenvalue weighted by atomic mass is 35.5. The average molecular weight is 418 g/mol. The minimum absolute atomic E-state index is 0. The van der Waals surface area contributed by atoms with Gasteiger partial charge in [0.05, 0.1) is 40.1 Å². The van der Waals surface area contributed by atoms with Gasteiger partial charge in [-0.3, -0.25) is 4.90 Å². The summed E-state index contributed by atoms with van der Waals surface area (Å²) in [6.45, 7) is 5.97. The third-order valence-electron chi connectivity index (χ3n) is 4.39. The van der Waals surface area contributed by atoms with Crippen LogP contribution in [0, 0.1) is 0 Å². The molecule has 0 aromatic heterocycles. The Morgan fingerprint density at radius 1 is 1.14 bits per heavy atom. The van der Waals surface area contributed by atoms with Crippen molar-refractivity contribution in [1.29, 1.82) is 0 Å². The Balaban J connectivity index is 0.00000392. The first-order valence-corrected chi connectivity index (χ1v) is 9.18. The van der Waals surface area contributed by atoms with Gasteiger partial charge >= 0.3 is 6.09 Å². The Kier molecular flexibility index (Phi) is 11.0. The molecule has 0 bridgehead atoms. The molecule has 1 unspecified atom stereocenters. The third kappa shape index (κ3) is 7.35. The summed E-state index contributed by atoms with van der Waals surface area (Å²) < 4.78 is 21.1. The lowest BCUT2D eigenvalue weighted by Gasteiger charge is -2.34. The van der Waals surface area contributed by atoms with E-state index >= 15 is 0 Å². The molecule has 0 radical (unpaired) electrons. The largest absolute Gasteiger partial charge is 1.00 e. The van der Waals surface area contributed by atoms with Crippen LogP contribution in [-0.2, 0) is 16.1 Å². The van der Waals surface area contributed by atoms with Gasteiger partial charge in [-0.05, 0) is 24.6 Å². The van der Waals surface area contributed by atoms with Gasteiger partial charge in [0.1, 0.15) is 0 Å². The average Bonchev–Trinajstić information content (AvgIpc) is 2.68. The first-order valence-electron chi connectivity index (χ1n) is 9.18. The number of nitrogens with zero attached hydrogens (tertiary/aromatic N) is 2. The molecule has 1 saturated heterocycles. The maximum Gasteiger partial charge on any atom is 0.409 e. The maximum atomic E-state index is 11.7. The number of β-amino-alcohol motifs (C(OH)–C–C–N with tert-alkyl or cyclic N) is 1. The second-order valence-electron chi connectivity index (χ2n) is 6.34. The van der Waals surface area contributed by atoms with Crippen LogP contribution in [0.1, 0.15) is 12.5 Å². The number of carbonyl (C=O) groups excluding carboxylic acids is 1. The van der Waals surface area contributed by atoms with Gasteiger partial charge in [0.15, 0.2) is 11.5 Å². The molecule has 1 aromatic carbocycles. The summed E-state index contributed by atoms with van der Waals surface area (Å²) in [6.07, 6.45) is -0.852. The van der Waals surface area contributed by atoms with Gasteiger partial charge in [-0.25, -0.2) is 4.79 Å². The van der Waals surface area contributed by atoms with Gasteiger partial charge in [0.25, 0.3) is 0 Å². The highest BCUT2D eigenvalue weighted by Gasteiger charge is 2.23. The lowest BCUT2D eigenvalue weighted by molar-refractivity contribution is -0.000129. The summed E-state index contributed by atoms with van der Waals surface area (Å²) in [7, 11) is 3.19. The van der Waals surface area contributed by atoms with Crippen LogP contribution in [0.25, 0.3) is 0 Å². The van der Waals surface area contributed by atoms with Crippen LogP contribution in [0.2, 0.25) is 0 Å². The van der Waals surface area contributed by atoms with Gasteiger partial charge in [0, 0.05) is 32.7 Å². The first kappa shape index (κ1) is 24.3. The molecule has 1 heterocycles. The molecule has 1 aromatic rings. The molecule has 0 saturated carbocycles. The van der Waals surface area contributed by atoms with E-state index in [1.807, 2.05) is 18.2 Å². The minimum Gasteiger partial charge on any atom is -1.00 e. The SMILES string of the molecule is CCOC(=O)N1CCN(CC(O)COCc2ccc(OC)c(OC)c2)CC1.[Cl-]. The summed E-state index contributed by atoms with van der Waals surface area (Å²) in [5, 5.41) is 10.2. The van der Waals surface area contributed by atoms with E-state index in [2.05, 4.69) is 4.90 Å². The minimum atomic E-state index is -0.584. The highest BCUT2D eigenvalue weighted by molar-refractivity contribution is 5.67. The van der Waals surface area contributed by atoms with Crippen molar-refractivity contribution in [1.82, 2.24) is 9.80 Å². The zero-order valence-electron chi connectivity index (χ0n) is 16.7. The fourth-order valence-corrected chi connectivity index (χ4v) is 2.96. The van der Waals surface area contributed by atoms with Gasteiger partial charge < -0.3 is 41.4 Å². The summed E-state index contributed by atoms with van der Waals surface area (Å²) in [5.41, 5.74) is 0.947. The number of aliphatic hydroxyl groups is 1. The van der Waals surface area contributed by atoms with Crippen molar-refractivity contribution in [2.45, 2.75) is 19.6 Å². The van der Waals surface area contributed by atoms with E-state index in [1.54, 1.807) is 26.0 Å². The summed E-state index contributed by atoms with van der Waals surface area (Å²) >= 11 is 0. The third-order valence-corrected chi connectivity index (χ3v) is 4.39. The van der Waals surface area contributed by atoms with Crippen LogP contribution < -0.4 is 21.9 Å². The molecule has 1 aliphatic rings. The highest BCUT2D eigenvalue weighted by Crippen LogP contribution is 2.27. The van der Waals surface area contributed by atoms with Crippen molar-refractivity contribution >= 4 is 6.09 Å². The summed E-state index contributed by atoms with van der Waals surface area (Å²) in [5.74, 6) is 1.32. The molecule has 1 N–H and O–H groups in total. The van der Waals surface area contributed by atoms with Crippen LogP contribution in [0.3, 0.4) is 0 Å². The van der Waals surface area contributed by atoms with Gasteiger partial charge in [-0.15, -0.1) is 0 Å². The molecule has 0 spiro atoms. The quantitative estimate of drug-likeness (QED) is 0.516. The van der Waals surface area contributed by atoms with Crippen molar-refractivity contribution in [3.63, 3.8) is 0 Å². The predicted octanol–water partition coefficient (Wildman–Crippen LogP) is -1.64. The fourth-order valence-electron chi connectivity index (χ4n) is 2.96. The Bertz CT molecular complexity index is 596. The number of hydrogen-bond donors (Lipinski definition) is 1. The number of amides is 1. The van der Waals surface area contributed by atoms with E-state index < -0.39 is 6.10 Å². The van der Waals surface area contributed by atoms with E-state index in [0.29, 0.717) is 57.4 Å². The van der Waals surface area contributed by atoms with E-state index in [0.717, 1.165) is 5.56 Å². The number of rotatable bonds is 9. The Labute approximate surface area is 172 Å². The number of carbonyl (C=O) groups is 1. The van der Waals surface area contributed by atoms with Crippen LogP contribution >= 0.6 is 0 Å². The molecular formula is C19H30ClN2O6-. The smallest absolute Gasteiger partial charge is 0.409 e. The second-order valence-corrected chi connectivity index (χ2v) is 6.34. The molecule has 28 heavy (non-hydrogen) atoms. The molecule has 1 aliphatic heterocycles. The Hall–Kier alpha value is -1.74. The zero-order valence-corrected chi connectivity index (χ0v) is 17.5. The maximum absolute atomic E-state index is 11.7. The first-order chi connectivity index (χ1) is 13.1. The molecule has 1 fully saturated rings. The van der Waals surface area contributed by atoms with Crippen LogP contribution in [-0.4, -0.2) is 87.3 Å². The monoisotopic (exact) mass is 417 g/mol. The van der Waals surface area contributed by atoms with E-state index in [1.165, 1.54) is 0 Å². The van der Waals surface area contributed by atoms with Crippen LogP contribution in [0.15, 0.2) is 18.2 Å². The normalized spacial score (nSPS) is 15.5. The number of ether oxygens (including phenoxy) is 4. The Morgan fingerprint density at radius 2 is 1.82 bits per heavy atom. The topological polar surface area (TPSA) is 80.7 Å². The summed E-state index contributed by atoms with van der Waals surface area (Å²) in [6, 6.07) is 5.60. The molecule has 0 aliphatic carbocycles. The fraction of sp³-hybridized carbons (Fsp3) is 0.632. The molecule has 1 atom stereocenters. The summed E-state index contributed by atoms with van der Waals surface area (Å²) in [4.78, 5) is 15.5. The van der Waals surface area contributed by atoms with E-state index in [4.69, 9.17) is 18.9 Å². The van der Waals surface area contributed by atoms with Crippen LogP contribution in [0.4, 0.5) is 4.79 Å². The number of piperazine rings is 1. The number of aliphatic hydroxyl groups excluding tert-OH is 1. The zero-order chi connectivity index (χ0) is 19.6. The number of halogens is 1. The predicted molar refractivity (Wildman–Crippen MR) is 100 cm³/mol. The van der Waals surface area contributed by atoms with Gasteiger partial charge in [0.2, 0.25) is 0 Å². The lowest BCUT2D eigenvalue weighted by atomic mass is 10.2. The molecule has 9 heteroatoms. The molecule has 2 rings (SSSR count). The lowest BCUT2D eigenvalue weighted by Crippen LogP contribution is -3.00. The molecule has 1 amide bonds. The van der Waals surface area contributed by atoms with Crippen molar-refractivity contribution in [3.05, 3.63) is 23.8 Å². The second kappa shape index (κ2) is 12.7. The van der Waals surface area contributed by atoms with Crippen molar-refractivity contribution in [3.8, 4) is 11.5 Å². The number of benzene rings is 1. The Morgan fingerprint density at radius 3 is 2.43 bits per heavy atom.